The van der Waals surface area contributed by atoms with E-state index in [2.05, 4.69) is 36.2 Å². The summed E-state index contributed by atoms with van der Waals surface area (Å²) in [4.78, 5) is 29.6. The number of carbonyl (C=O) groups is 2. The van der Waals surface area contributed by atoms with Crippen LogP contribution in [-0.4, -0.2) is 42.2 Å². The van der Waals surface area contributed by atoms with Gasteiger partial charge in [-0.3, -0.25) is 14.6 Å². The van der Waals surface area contributed by atoms with Gasteiger partial charge in [-0.25, -0.2) is 0 Å². The van der Waals surface area contributed by atoms with E-state index in [9.17, 15) is 9.59 Å². The molecule has 3 heterocycles. The molecule has 30 heavy (non-hydrogen) atoms. The Morgan fingerprint density at radius 2 is 1.90 bits per heavy atom. The van der Waals surface area contributed by atoms with Gasteiger partial charge in [-0.15, -0.1) is 10.2 Å². The topological polar surface area (TPSA) is 141 Å². The molecule has 0 aliphatic rings. The fourth-order valence-corrected chi connectivity index (χ4v) is 2.64. The molecule has 1 aromatic carbocycles. The van der Waals surface area contributed by atoms with Gasteiger partial charge in [-0.05, 0) is 36.4 Å². The minimum atomic E-state index is -0.383. The lowest BCUT2D eigenvalue weighted by molar-refractivity contribution is -0.117. The van der Waals surface area contributed by atoms with E-state index in [0.29, 0.717) is 28.4 Å². The number of tetrazole rings is 1. The summed E-state index contributed by atoms with van der Waals surface area (Å²) in [6.45, 7) is 1.56. The van der Waals surface area contributed by atoms with E-state index >= 15 is 0 Å². The minimum absolute atomic E-state index is 0.162. The molecule has 0 saturated heterocycles. The lowest BCUT2D eigenvalue weighted by atomic mass is 10.1. The first-order valence-electron chi connectivity index (χ1n) is 8.90. The Hall–Kier alpha value is -4.41. The Balaban J connectivity index is 1.48. The number of nitrogens with one attached hydrogen (secondary N) is 2. The van der Waals surface area contributed by atoms with Gasteiger partial charge in [0.25, 0.3) is 5.91 Å². The number of rotatable bonds is 6. The Kier molecular flexibility index (Phi) is 5.24. The Morgan fingerprint density at radius 1 is 1.10 bits per heavy atom. The summed E-state index contributed by atoms with van der Waals surface area (Å²) in [6, 6.07) is 11.9. The van der Waals surface area contributed by atoms with Crippen LogP contribution in [0.1, 0.15) is 16.1 Å². The van der Waals surface area contributed by atoms with Gasteiger partial charge in [0, 0.05) is 29.6 Å². The standard InChI is InChI=1S/C19H16N8O3/c1-12-10-16(25-30-12)22-17(28)11-27-24-18(23-26-27)14-4-2-3-5-15(14)21-19(29)13-6-8-20-9-7-13/h2-10H,11H2,1H3,(H,21,29)(H,22,25,28). The quantitative estimate of drug-likeness (QED) is 0.497. The molecule has 0 spiro atoms. The maximum atomic E-state index is 12.5. The molecule has 0 unspecified atom stereocenters. The molecule has 0 bridgehead atoms. The number of aryl methyl sites for hydroxylation is 1. The van der Waals surface area contributed by atoms with Crippen LogP contribution >= 0.6 is 0 Å². The summed E-state index contributed by atoms with van der Waals surface area (Å²) in [5, 5.41) is 21.2. The zero-order chi connectivity index (χ0) is 20.9. The van der Waals surface area contributed by atoms with Crippen molar-refractivity contribution in [3.8, 4) is 11.4 Å². The monoisotopic (exact) mass is 404 g/mol. The van der Waals surface area contributed by atoms with E-state index in [1.54, 1.807) is 61.8 Å². The van der Waals surface area contributed by atoms with Crippen LogP contribution in [-0.2, 0) is 11.3 Å². The van der Waals surface area contributed by atoms with E-state index < -0.39 is 0 Å². The third-order valence-electron chi connectivity index (χ3n) is 3.99. The van der Waals surface area contributed by atoms with Gasteiger partial charge < -0.3 is 15.2 Å². The fraction of sp³-hybridized carbons (Fsp3) is 0.105. The third-order valence-corrected chi connectivity index (χ3v) is 3.99. The molecule has 150 valence electrons. The van der Waals surface area contributed by atoms with Crippen molar-refractivity contribution in [2.75, 3.05) is 10.6 Å². The van der Waals surface area contributed by atoms with Crippen LogP contribution in [0.4, 0.5) is 11.5 Å². The largest absolute Gasteiger partial charge is 0.360 e. The first kappa shape index (κ1) is 18.9. The normalized spacial score (nSPS) is 10.6. The number of aromatic nitrogens is 6. The van der Waals surface area contributed by atoms with Crippen molar-refractivity contribution >= 4 is 23.3 Å². The Labute approximate surface area is 170 Å². The number of anilines is 2. The van der Waals surface area contributed by atoms with Crippen LogP contribution in [0, 0.1) is 6.92 Å². The number of para-hydroxylation sites is 1. The van der Waals surface area contributed by atoms with Crippen LogP contribution in [0.25, 0.3) is 11.4 Å². The van der Waals surface area contributed by atoms with Crippen molar-refractivity contribution in [1.82, 2.24) is 30.3 Å². The van der Waals surface area contributed by atoms with Crippen molar-refractivity contribution in [3.05, 3.63) is 66.2 Å². The lowest BCUT2D eigenvalue weighted by Gasteiger charge is -2.08. The van der Waals surface area contributed by atoms with Crippen molar-refractivity contribution < 1.29 is 14.1 Å². The number of carbonyl (C=O) groups excluding carboxylic acids is 2. The van der Waals surface area contributed by atoms with Gasteiger partial charge in [0.15, 0.2) is 5.82 Å². The van der Waals surface area contributed by atoms with Crippen LogP contribution in [0.15, 0.2) is 59.4 Å². The highest BCUT2D eigenvalue weighted by atomic mass is 16.5. The lowest BCUT2D eigenvalue weighted by Crippen LogP contribution is -2.20. The number of hydrogen-bond donors (Lipinski definition) is 2. The second-order valence-corrected chi connectivity index (χ2v) is 6.25. The zero-order valence-corrected chi connectivity index (χ0v) is 15.8. The molecule has 0 atom stereocenters. The summed E-state index contributed by atoms with van der Waals surface area (Å²) < 4.78 is 4.90. The van der Waals surface area contributed by atoms with E-state index in [1.165, 1.54) is 0 Å². The summed E-state index contributed by atoms with van der Waals surface area (Å²) >= 11 is 0. The molecular formula is C19H16N8O3. The molecule has 4 aromatic rings. The number of benzene rings is 1. The number of amides is 2. The van der Waals surface area contributed by atoms with E-state index in [4.69, 9.17) is 4.52 Å². The maximum Gasteiger partial charge on any atom is 0.255 e. The van der Waals surface area contributed by atoms with Crippen LogP contribution in [0.3, 0.4) is 0 Å². The molecule has 2 N–H and O–H groups in total. The van der Waals surface area contributed by atoms with Gasteiger partial charge in [-0.1, -0.05) is 17.3 Å². The number of hydrogen-bond acceptors (Lipinski definition) is 8. The molecule has 0 radical (unpaired) electrons. The van der Waals surface area contributed by atoms with Crippen molar-refractivity contribution in [2.45, 2.75) is 13.5 Å². The number of nitrogens with zero attached hydrogens (tertiary/aromatic N) is 6. The summed E-state index contributed by atoms with van der Waals surface area (Å²) in [7, 11) is 0. The van der Waals surface area contributed by atoms with Crippen molar-refractivity contribution in [3.63, 3.8) is 0 Å². The second-order valence-electron chi connectivity index (χ2n) is 6.25. The van der Waals surface area contributed by atoms with Gasteiger partial charge in [0.2, 0.25) is 11.7 Å². The fourth-order valence-electron chi connectivity index (χ4n) is 2.64. The summed E-state index contributed by atoms with van der Waals surface area (Å²) in [5.74, 6) is 0.482. The predicted molar refractivity (Wildman–Crippen MR) is 105 cm³/mol. The summed E-state index contributed by atoms with van der Waals surface area (Å²) in [6.07, 6.45) is 3.08. The molecule has 0 aliphatic heterocycles. The average molecular weight is 404 g/mol. The molecule has 0 fully saturated rings. The van der Waals surface area contributed by atoms with Crippen LogP contribution in [0.5, 0.6) is 0 Å². The van der Waals surface area contributed by atoms with E-state index in [1.807, 2.05) is 0 Å². The minimum Gasteiger partial charge on any atom is -0.360 e. The highest BCUT2D eigenvalue weighted by Crippen LogP contribution is 2.24. The van der Waals surface area contributed by atoms with Crippen molar-refractivity contribution in [2.24, 2.45) is 0 Å². The molecule has 0 aliphatic carbocycles. The first-order chi connectivity index (χ1) is 14.6. The maximum absolute atomic E-state index is 12.5. The van der Waals surface area contributed by atoms with Crippen LogP contribution < -0.4 is 10.6 Å². The predicted octanol–water partition coefficient (Wildman–Crippen LogP) is 1.92. The van der Waals surface area contributed by atoms with Gasteiger partial charge in [0.1, 0.15) is 12.3 Å². The SMILES string of the molecule is Cc1cc(NC(=O)Cn2nnc(-c3ccccc3NC(=O)c3ccncc3)n2)no1. The molecular weight excluding hydrogens is 388 g/mol. The number of pyridine rings is 1. The Bertz CT molecular complexity index is 1190. The first-order valence-corrected chi connectivity index (χ1v) is 8.90. The average Bonchev–Trinajstić information content (AvgIpc) is 3.37. The molecule has 3 aromatic heterocycles. The zero-order valence-electron chi connectivity index (χ0n) is 15.8. The molecule has 11 nitrogen and oxygen atoms in total. The van der Waals surface area contributed by atoms with E-state index in [0.717, 1.165) is 4.80 Å². The molecule has 11 heteroatoms. The summed E-state index contributed by atoms with van der Waals surface area (Å²) in [5.41, 5.74) is 1.55. The van der Waals surface area contributed by atoms with Crippen molar-refractivity contribution in [1.29, 1.82) is 0 Å². The third kappa shape index (κ3) is 4.35. The van der Waals surface area contributed by atoms with Gasteiger partial charge in [-0.2, -0.15) is 4.80 Å². The van der Waals surface area contributed by atoms with Gasteiger partial charge in [0.05, 0.1) is 5.69 Å². The van der Waals surface area contributed by atoms with Gasteiger partial charge >= 0.3 is 0 Å². The van der Waals surface area contributed by atoms with Crippen LogP contribution in [0.2, 0.25) is 0 Å². The molecule has 4 rings (SSSR count). The van der Waals surface area contributed by atoms with E-state index in [-0.39, 0.29) is 24.2 Å². The molecule has 2 amide bonds. The Morgan fingerprint density at radius 3 is 2.67 bits per heavy atom. The highest BCUT2D eigenvalue weighted by molar-refractivity contribution is 6.05. The second kappa shape index (κ2) is 8.31. The smallest absolute Gasteiger partial charge is 0.255 e. The highest BCUT2D eigenvalue weighted by Gasteiger charge is 2.15. The molecule has 0 saturated carbocycles.